The standard InChI is InChI=1S/C13H16N2O3/c14-7-10-2-1-3-11(6-10)18-5-4-15-8-12(16)13(17)9-15/h1-3,6,12-13,16-17H,4-5,8-9H2. The highest BCUT2D eigenvalue weighted by atomic mass is 16.5. The summed E-state index contributed by atoms with van der Waals surface area (Å²) in [6.07, 6.45) is -1.32. The van der Waals surface area contributed by atoms with Gasteiger partial charge in [0.05, 0.1) is 23.8 Å². The Bertz CT molecular complexity index is 434. The van der Waals surface area contributed by atoms with E-state index in [1.165, 1.54) is 0 Å². The van der Waals surface area contributed by atoms with Crippen LogP contribution in [0, 0.1) is 11.3 Å². The van der Waals surface area contributed by atoms with E-state index in [1.807, 2.05) is 4.90 Å². The number of β-amino-alcohol motifs (C(OH)–C–C–N with tert-alkyl or cyclic N) is 2. The van der Waals surface area contributed by atoms with E-state index in [1.54, 1.807) is 24.3 Å². The molecule has 5 heteroatoms. The zero-order valence-electron chi connectivity index (χ0n) is 9.99. The van der Waals surface area contributed by atoms with Crippen LogP contribution in [0.3, 0.4) is 0 Å². The molecule has 1 aromatic rings. The van der Waals surface area contributed by atoms with Crippen LogP contribution in [0.1, 0.15) is 5.56 Å². The highest BCUT2D eigenvalue weighted by Crippen LogP contribution is 2.13. The third-order valence-electron chi connectivity index (χ3n) is 2.97. The summed E-state index contributed by atoms with van der Waals surface area (Å²) < 4.78 is 5.52. The molecule has 1 heterocycles. The molecular weight excluding hydrogens is 232 g/mol. The summed E-state index contributed by atoms with van der Waals surface area (Å²) in [4.78, 5) is 1.95. The second kappa shape index (κ2) is 5.83. The minimum absolute atomic E-state index is 0.467. The van der Waals surface area contributed by atoms with E-state index in [9.17, 15) is 10.2 Å². The number of ether oxygens (including phenoxy) is 1. The van der Waals surface area contributed by atoms with Gasteiger partial charge in [-0.15, -0.1) is 0 Å². The summed E-state index contributed by atoms with van der Waals surface area (Å²) in [6.45, 7) is 2.06. The van der Waals surface area contributed by atoms with Gasteiger partial charge in [-0.2, -0.15) is 5.26 Å². The monoisotopic (exact) mass is 248 g/mol. The molecule has 0 bridgehead atoms. The number of aliphatic hydroxyl groups excluding tert-OH is 2. The van der Waals surface area contributed by atoms with Crippen molar-refractivity contribution in [1.29, 1.82) is 5.26 Å². The lowest BCUT2D eigenvalue weighted by atomic mass is 10.2. The van der Waals surface area contributed by atoms with Crippen molar-refractivity contribution in [1.82, 2.24) is 4.90 Å². The topological polar surface area (TPSA) is 76.7 Å². The fourth-order valence-electron chi connectivity index (χ4n) is 1.98. The molecule has 0 spiro atoms. The van der Waals surface area contributed by atoms with E-state index in [4.69, 9.17) is 10.00 Å². The molecule has 0 radical (unpaired) electrons. The Balaban J connectivity index is 1.77. The Morgan fingerprint density at radius 1 is 1.33 bits per heavy atom. The van der Waals surface area contributed by atoms with E-state index < -0.39 is 12.2 Å². The Morgan fingerprint density at radius 2 is 2.06 bits per heavy atom. The number of aliphatic hydroxyl groups is 2. The largest absolute Gasteiger partial charge is 0.492 e. The van der Waals surface area contributed by atoms with Crippen molar-refractivity contribution >= 4 is 0 Å². The first-order valence-corrected chi connectivity index (χ1v) is 5.90. The van der Waals surface area contributed by atoms with Gasteiger partial charge in [-0.05, 0) is 18.2 Å². The predicted molar refractivity (Wildman–Crippen MR) is 65.1 cm³/mol. The number of hydrogen-bond acceptors (Lipinski definition) is 5. The average Bonchev–Trinajstić information content (AvgIpc) is 2.69. The Kier molecular flexibility index (Phi) is 4.15. The first-order valence-electron chi connectivity index (χ1n) is 5.90. The third kappa shape index (κ3) is 3.20. The summed E-state index contributed by atoms with van der Waals surface area (Å²) in [6, 6.07) is 9.04. The molecule has 0 aromatic heterocycles. The van der Waals surface area contributed by atoms with Gasteiger partial charge in [-0.1, -0.05) is 6.07 Å². The fraction of sp³-hybridized carbons (Fsp3) is 0.462. The lowest BCUT2D eigenvalue weighted by Gasteiger charge is -2.15. The summed E-state index contributed by atoms with van der Waals surface area (Å²) >= 11 is 0. The van der Waals surface area contributed by atoms with Gasteiger partial charge in [0.1, 0.15) is 12.4 Å². The van der Waals surface area contributed by atoms with Gasteiger partial charge in [-0.3, -0.25) is 4.90 Å². The fourth-order valence-corrected chi connectivity index (χ4v) is 1.98. The minimum Gasteiger partial charge on any atom is -0.492 e. The number of nitriles is 1. The molecule has 18 heavy (non-hydrogen) atoms. The molecule has 1 saturated heterocycles. The van der Waals surface area contributed by atoms with Crippen LogP contribution in [0.25, 0.3) is 0 Å². The van der Waals surface area contributed by atoms with Crippen molar-refractivity contribution in [3.63, 3.8) is 0 Å². The van der Waals surface area contributed by atoms with Crippen LogP contribution in [-0.4, -0.2) is 53.6 Å². The molecule has 1 aliphatic rings. The first kappa shape index (κ1) is 12.8. The minimum atomic E-state index is -0.660. The lowest BCUT2D eigenvalue weighted by Crippen LogP contribution is -2.27. The van der Waals surface area contributed by atoms with Gasteiger partial charge in [-0.25, -0.2) is 0 Å². The van der Waals surface area contributed by atoms with E-state index in [2.05, 4.69) is 6.07 Å². The van der Waals surface area contributed by atoms with Crippen LogP contribution in [0.15, 0.2) is 24.3 Å². The number of hydrogen-bond donors (Lipinski definition) is 2. The number of benzene rings is 1. The van der Waals surface area contributed by atoms with Crippen LogP contribution in [-0.2, 0) is 0 Å². The van der Waals surface area contributed by atoms with Gasteiger partial charge in [0.25, 0.3) is 0 Å². The van der Waals surface area contributed by atoms with Crippen molar-refractivity contribution in [3.05, 3.63) is 29.8 Å². The molecule has 0 aliphatic carbocycles. The Morgan fingerprint density at radius 3 is 2.72 bits per heavy atom. The van der Waals surface area contributed by atoms with Gasteiger partial charge in [0, 0.05) is 19.6 Å². The summed E-state index contributed by atoms with van der Waals surface area (Å²) in [7, 11) is 0. The quantitative estimate of drug-likeness (QED) is 0.782. The highest BCUT2D eigenvalue weighted by Gasteiger charge is 2.28. The Labute approximate surface area is 106 Å². The second-order valence-corrected chi connectivity index (χ2v) is 4.38. The van der Waals surface area contributed by atoms with Crippen molar-refractivity contribution in [2.24, 2.45) is 0 Å². The van der Waals surface area contributed by atoms with E-state index in [0.29, 0.717) is 37.6 Å². The maximum Gasteiger partial charge on any atom is 0.120 e. The molecule has 5 nitrogen and oxygen atoms in total. The van der Waals surface area contributed by atoms with Crippen LogP contribution >= 0.6 is 0 Å². The van der Waals surface area contributed by atoms with Gasteiger partial charge in [0.15, 0.2) is 0 Å². The smallest absolute Gasteiger partial charge is 0.120 e. The molecule has 2 atom stereocenters. The van der Waals surface area contributed by atoms with Crippen molar-refractivity contribution in [2.45, 2.75) is 12.2 Å². The lowest BCUT2D eigenvalue weighted by molar-refractivity contribution is 0.0572. The summed E-state index contributed by atoms with van der Waals surface area (Å²) in [5.41, 5.74) is 0.569. The summed E-state index contributed by atoms with van der Waals surface area (Å²) in [5, 5.41) is 27.5. The molecule has 96 valence electrons. The highest BCUT2D eigenvalue weighted by molar-refractivity contribution is 5.36. The molecule has 1 fully saturated rings. The molecular formula is C13H16N2O3. The molecule has 0 saturated carbocycles. The van der Waals surface area contributed by atoms with Crippen molar-refractivity contribution in [3.8, 4) is 11.8 Å². The molecule has 0 amide bonds. The maximum atomic E-state index is 9.38. The maximum absolute atomic E-state index is 9.38. The van der Waals surface area contributed by atoms with E-state index in [0.717, 1.165) is 0 Å². The van der Waals surface area contributed by atoms with Crippen LogP contribution in [0.5, 0.6) is 5.75 Å². The average molecular weight is 248 g/mol. The normalized spacial score (nSPS) is 23.8. The van der Waals surface area contributed by atoms with Gasteiger partial charge >= 0.3 is 0 Å². The zero-order chi connectivity index (χ0) is 13.0. The van der Waals surface area contributed by atoms with Crippen molar-refractivity contribution in [2.75, 3.05) is 26.2 Å². The first-order chi connectivity index (χ1) is 8.69. The molecule has 2 N–H and O–H groups in total. The number of nitrogens with zero attached hydrogens (tertiary/aromatic N) is 2. The van der Waals surface area contributed by atoms with Crippen LogP contribution in [0.4, 0.5) is 0 Å². The van der Waals surface area contributed by atoms with Crippen LogP contribution < -0.4 is 4.74 Å². The number of likely N-dealkylation sites (tertiary alicyclic amines) is 1. The zero-order valence-corrected chi connectivity index (χ0v) is 9.99. The molecule has 1 aliphatic heterocycles. The molecule has 2 unspecified atom stereocenters. The van der Waals surface area contributed by atoms with Crippen molar-refractivity contribution < 1.29 is 14.9 Å². The molecule has 2 rings (SSSR count). The van der Waals surface area contributed by atoms with E-state index >= 15 is 0 Å². The second-order valence-electron chi connectivity index (χ2n) is 4.38. The Hall–Kier alpha value is -1.61. The van der Waals surface area contributed by atoms with Gasteiger partial charge < -0.3 is 14.9 Å². The van der Waals surface area contributed by atoms with Crippen LogP contribution in [0.2, 0.25) is 0 Å². The molecule has 1 aromatic carbocycles. The predicted octanol–water partition coefficient (Wildman–Crippen LogP) is -0.0255. The third-order valence-corrected chi connectivity index (χ3v) is 2.97. The SMILES string of the molecule is N#Cc1cccc(OCCN2CC(O)C(O)C2)c1. The number of rotatable bonds is 4. The summed E-state index contributed by atoms with van der Waals surface area (Å²) in [5.74, 6) is 0.661. The van der Waals surface area contributed by atoms with Gasteiger partial charge in [0.2, 0.25) is 0 Å². The van der Waals surface area contributed by atoms with E-state index in [-0.39, 0.29) is 0 Å².